The number of imidazole rings is 1. The Morgan fingerprint density at radius 1 is 1.36 bits per heavy atom. The van der Waals surface area contributed by atoms with Crippen molar-refractivity contribution in [1.82, 2.24) is 19.2 Å². The number of piperidine rings is 1. The molecule has 1 aromatic carbocycles. The van der Waals surface area contributed by atoms with E-state index in [1.54, 1.807) is 12.4 Å². The lowest BCUT2D eigenvalue weighted by Crippen LogP contribution is -2.59. The van der Waals surface area contributed by atoms with Crippen molar-refractivity contribution >= 4 is 20.4 Å². The van der Waals surface area contributed by atoms with Crippen LogP contribution in [0.25, 0.3) is 0 Å². The van der Waals surface area contributed by atoms with Gasteiger partial charge in [-0.15, -0.1) is 0 Å². The van der Waals surface area contributed by atoms with Crippen LogP contribution in [0, 0.1) is 5.41 Å². The molecule has 1 amide bonds. The molecule has 0 aliphatic carbocycles. The van der Waals surface area contributed by atoms with Gasteiger partial charge in [-0.05, 0) is 31.5 Å². The third kappa shape index (κ3) is 3.60. The molecule has 9 heteroatoms. The van der Waals surface area contributed by atoms with Gasteiger partial charge in [0.1, 0.15) is 12.9 Å². The number of amides is 1. The summed E-state index contributed by atoms with van der Waals surface area (Å²) in [6.07, 6.45) is 6.23. The Hall–Kier alpha value is -2.49. The van der Waals surface area contributed by atoms with Crippen LogP contribution >= 0.6 is 0 Å². The third-order valence-electron chi connectivity index (χ3n) is 5.37. The number of nitrogens with one attached hydrogen (secondary N) is 1. The van der Waals surface area contributed by atoms with Gasteiger partial charge >= 0.3 is 14.5 Å². The summed E-state index contributed by atoms with van der Waals surface area (Å²) in [4.78, 5) is 23.1. The molecule has 148 valence electrons. The molecule has 2 aliphatic heterocycles. The summed E-state index contributed by atoms with van der Waals surface area (Å²) < 4.78 is 9.59. The molecule has 2 aliphatic rings. The largest absolute Gasteiger partial charge is 0.519 e. The second-order valence-electron chi connectivity index (χ2n) is 7.65. The quantitative estimate of drug-likeness (QED) is 0.631. The first-order valence-corrected chi connectivity index (χ1v) is 12.3. The second-order valence-corrected chi connectivity index (χ2v) is 11.3. The van der Waals surface area contributed by atoms with Gasteiger partial charge in [0, 0.05) is 18.9 Å². The predicted molar refractivity (Wildman–Crippen MR) is 106 cm³/mol. The fourth-order valence-electron chi connectivity index (χ4n) is 3.93. The molecule has 0 spiro atoms. The van der Waals surface area contributed by atoms with Crippen molar-refractivity contribution in [2.24, 2.45) is 0 Å². The Balaban J connectivity index is 1.54. The minimum atomic E-state index is -2.14. The molecule has 8 nitrogen and oxygen atoms in total. The molecule has 1 N–H and O–H groups in total. The van der Waals surface area contributed by atoms with Crippen molar-refractivity contribution < 1.29 is 14.1 Å². The summed E-state index contributed by atoms with van der Waals surface area (Å²) in [5.74, 6) is 0.368. The van der Waals surface area contributed by atoms with Crippen LogP contribution in [0.4, 0.5) is 4.79 Å². The summed E-state index contributed by atoms with van der Waals surface area (Å²) in [6, 6.07) is 9.46. The van der Waals surface area contributed by atoms with E-state index >= 15 is 0 Å². The molecule has 4 rings (SSSR count). The van der Waals surface area contributed by atoms with E-state index in [1.165, 1.54) is 16.0 Å². The first-order chi connectivity index (χ1) is 13.5. The van der Waals surface area contributed by atoms with E-state index in [0.717, 1.165) is 18.4 Å². The first-order valence-electron chi connectivity index (χ1n) is 9.48. The lowest BCUT2D eigenvalue weighted by molar-refractivity contribution is -0.162. The maximum atomic E-state index is 13.1. The average molecular weight is 400 g/mol. The molecule has 1 unspecified atom stereocenters. The van der Waals surface area contributed by atoms with Crippen LogP contribution in [0.3, 0.4) is 0 Å². The number of hydroxylamine groups is 2. The van der Waals surface area contributed by atoms with Crippen LogP contribution in [0.5, 0.6) is 0 Å². The number of hydrogen-bond acceptors (Lipinski definition) is 6. The van der Waals surface area contributed by atoms with E-state index < -0.39 is 8.48 Å². The smallest absolute Gasteiger partial charge is 0.353 e. The van der Waals surface area contributed by atoms with Crippen molar-refractivity contribution in [2.75, 3.05) is 6.54 Å². The zero-order valence-electron chi connectivity index (χ0n) is 16.1. The Morgan fingerprint density at radius 2 is 2.14 bits per heavy atom. The molecule has 0 bridgehead atoms. The molecule has 1 aromatic heterocycles. The maximum absolute atomic E-state index is 13.1. The van der Waals surface area contributed by atoms with Gasteiger partial charge in [0.15, 0.2) is 5.90 Å². The molecule has 0 saturated carbocycles. The summed E-state index contributed by atoms with van der Waals surface area (Å²) in [6.45, 7) is 5.14. The molecule has 2 atom stereocenters. The lowest BCUT2D eigenvalue weighted by Gasteiger charge is -2.41. The van der Waals surface area contributed by atoms with Gasteiger partial charge in [-0.1, -0.05) is 30.3 Å². The van der Waals surface area contributed by atoms with E-state index in [4.69, 9.17) is 14.7 Å². The number of hydrogen-bond donors (Lipinski definition) is 1. The summed E-state index contributed by atoms with van der Waals surface area (Å²) in [7, 11) is -2.14. The van der Waals surface area contributed by atoms with Gasteiger partial charge in [0.2, 0.25) is 0 Å². The highest BCUT2D eigenvalue weighted by Gasteiger charge is 2.51. The predicted octanol–water partition coefficient (Wildman–Crippen LogP) is 2.83. The highest BCUT2D eigenvalue weighted by Crippen LogP contribution is 2.33. The number of rotatable bonds is 4. The Kier molecular flexibility index (Phi) is 5.05. The van der Waals surface area contributed by atoms with Crippen molar-refractivity contribution in [3.8, 4) is 0 Å². The Labute approximate surface area is 165 Å². The van der Waals surface area contributed by atoms with Gasteiger partial charge in [0.05, 0.1) is 12.1 Å². The third-order valence-corrected chi connectivity index (χ3v) is 7.97. The molecule has 28 heavy (non-hydrogen) atoms. The van der Waals surface area contributed by atoms with Crippen molar-refractivity contribution in [3.05, 3.63) is 54.6 Å². The molecular formula is C19H25N5O3Si. The fraction of sp³-hybridized carbons (Fsp3) is 0.421. The number of benzene rings is 1. The van der Waals surface area contributed by atoms with Crippen LogP contribution in [0.15, 0.2) is 49.1 Å². The number of fused-ring (bicyclic) bond motifs is 1. The van der Waals surface area contributed by atoms with Gasteiger partial charge in [-0.2, -0.15) is 5.06 Å². The standard InChI is InChI=1S/C19H25N5O3Si/c1-28(2)23-12-16(8-9-17(23)18(20)27-28)24(19(25)22-11-10-21-14-22)26-13-15-6-4-3-5-7-15/h3-7,10-11,14,16-17,20H,8-9,12-13H2,1-2H3/t16-,17?/m1/s1. The molecule has 2 aromatic rings. The van der Waals surface area contributed by atoms with E-state index in [1.807, 2.05) is 30.3 Å². The van der Waals surface area contributed by atoms with Crippen LogP contribution in [-0.4, -0.2) is 58.2 Å². The zero-order valence-corrected chi connectivity index (χ0v) is 17.1. The van der Waals surface area contributed by atoms with Gasteiger partial charge in [-0.25, -0.2) is 9.78 Å². The zero-order chi connectivity index (χ0) is 19.7. The fourth-order valence-corrected chi connectivity index (χ4v) is 6.37. The minimum absolute atomic E-state index is 0.0252. The van der Waals surface area contributed by atoms with E-state index in [9.17, 15) is 4.79 Å². The number of carbonyl (C=O) groups is 1. The topological polar surface area (TPSA) is 83.7 Å². The van der Waals surface area contributed by atoms with Crippen LogP contribution in [-0.2, 0) is 15.9 Å². The molecule has 2 fully saturated rings. The summed E-state index contributed by atoms with van der Waals surface area (Å²) in [5.41, 5.74) is 1.00. The number of aromatic nitrogens is 2. The summed E-state index contributed by atoms with van der Waals surface area (Å²) in [5, 5.41) is 9.62. The molecular weight excluding hydrogens is 374 g/mol. The maximum Gasteiger partial charge on any atom is 0.353 e. The average Bonchev–Trinajstić information content (AvgIpc) is 3.30. The van der Waals surface area contributed by atoms with Gasteiger partial charge in [0.25, 0.3) is 0 Å². The van der Waals surface area contributed by atoms with Crippen LogP contribution in [0.2, 0.25) is 13.1 Å². The molecule has 3 heterocycles. The van der Waals surface area contributed by atoms with Crippen molar-refractivity contribution in [3.63, 3.8) is 0 Å². The lowest BCUT2D eigenvalue weighted by atomic mass is 10.0. The van der Waals surface area contributed by atoms with Crippen molar-refractivity contribution in [1.29, 1.82) is 5.41 Å². The minimum Gasteiger partial charge on any atom is -0.519 e. The van der Waals surface area contributed by atoms with Gasteiger partial charge in [-0.3, -0.25) is 19.4 Å². The Morgan fingerprint density at radius 3 is 2.86 bits per heavy atom. The molecule has 0 radical (unpaired) electrons. The van der Waals surface area contributed by atoms with Crippen molar-refractivity contribution in [2.45, 2.75) is 44.6 Å². The SMILES string of the molecule is C[Si]1(C)OC(=N)C2CC[C@@H](N(OCc3ccccc3)C(=O)n3ccnc3)CN21. The molecule has 2 saturated heterocycles. The number of carbonyl (C=O) groups excluding carboxylic acids is 1. The highest BCUT2D eigenvalue weighted by molar-refractivity contribution is 6.71. The van der Waals surface area contributed by atoms with E-state index in [0.29, 0.717) is 19.0 Å². The second kappa shape index (κ2) is 7.49. The highest BCUT2D eigenvalue weighted by atomic mass is 28.4. The van der Waals surface area contributed by atoms with Crippen LogP contribution in [0.1, 0.15) is 18.4 Å². The monoisotopic (exact) mass is 399 g/mol. The van der Waals surface area contributed by atoms with Crippen LogP contribution < -0.4 is 0 Å². The normalized spacial score (nSPS) is 23.9. The summed E-state index contributed by atoms with van der Waals surface area (Å²) >= 11 is 0. The Bertz CT molecular complexity index is 843. The van der Waals surface area contributed by atoms with E-state index in [2.05, 4.69) is 22.6 Å². The number of nitrogens with zero attached hydrogens (tertiary/aromatic N) is 4. The first kappa shape index (κ1) is 18.9. The van der Waals surface area contributed by atoms with E-state index in [-0.39, 0.29) is 18.1 Å². The van der Waals surface area contributed by atoms with Gasteiger partial charge < -0.3 is 4.43 Å².